The fourth-order valence-corrected chi connectivity index (χ4v) is 1.57. The monoisotopic (exact) mass is 158 g/mol. The lowest BCUT2D eigenvalue weighted by atomic mass is 10.1. The molecule has 1 spiro atoms. The summed E-state index contributed by atoms with van der Waals surface area (Å²) < 4.78 is 16.4. The van der Waals surface area contributed by atoms with E-state index < -0.39 is 0 Å². The number of hydrogen-bond acceptors (Lipinski definition) is 3. The van der Waals surface area contributed by atoms with Gasteiger partial charge >= 0.3 is 0 Å². The normalized spacial score (nSPS) is 39.3. The smallest absolute Gasteiger partial charge is 0.117 e. The molecule has 2 saturated heterocycles. The minimum absolute atomic E-state index is 0.0868. The van der Waals surface area contributed by atoms with Crippen molar-refractivity contribution in [3.8, 4) is 0 Å². The molecule has 0 bridgehead atoms. The summed E-state index contributed by atoms with van der Waals surface area (Å²) in [6, 6.07) is 0. The van der Waals surface area contributed by atoms with Gasteiger partial charge in [-0.15, -0.1) is 0 Å². The Hall–Kier alpha value is -0.120. The average Bonchev–Trinajstić information content (AvgIpc) is 2.32. The molecule has 2 aliphatic heterocycles. The van der Waals surface area contributed by atoms with Gasteiger partial charge in [0.1, 0.15) is 5.60 Å². The predicted octanol–water partition coefficient (Wildman–Crippen LogP) is 0.582. The van der Waals surface area contributed by atoms with Crippen molar-refractivity contribution in [2.45, 2.75) is 18.4 Å². The van der Waals surface area contributed by atoms with E-state index in [-0.39, 0.29) is 5.60 Å². The highest BCUT2D eigenvalue weighted by atomic mass is 16.6. The third-order valence-electron chi connectivity index (χ3n) is 2.27. The summed E-state index contributed by atoms with van der Waals surface area (Å²) in [7, 11) is 0. The van der Waals surface area contributed by atoms with Crippen LogP contribution in [0.25, 0.3) is 0 Å². The summed E-state index contributed by atoms with van der Waals surface area (Å²) in [5.74, 6) is 0. The SMILES string of the molecule is C1COCC2(CCOC2)OC1. The van der Waals surface area contributed by atoms with Crippen LogP contribution in [0.15, 0.2) is 0 Å². The zero-order valence-corrected chi connectivity index (χ0v) is 6.67. The lowest BCUT2D eigenvalue weighted by Crippen LogP contribution is -2.37. The summed E-state index contributed by atoms with van der Waals surface area (Å²) in [6.45, 7) is 3.91. The molecule has 2 heterocycles. The third kappa shape index (κ3) is 1.55. The fourth-order valence-electron chi connectivity index (χ4n) is 1.57. The van der Waals surface area contributed by atoms with Crippen molar-refractivity contribution in [1.29, 1.82) is 0 Å². The van der Waals surface area contributed by atoms with Gasteiger partial charge in [0.25, 0.3) is 0 Å². The molecule has 0 saturated carbocycles. The molecule has 3 heteroatoms. The van der Waals surface area contributed by atoms with E-state index in [4.69, 9.17) is 14.2 Å². The van der Waals surface area contributed by atoms with Crippen molar-refractivity contribution in [1.82, 2.24) is 0 Å². The van der Waals surface area contributed by atoms with Crippen molar-refractivity contribution in [3.63, 3.8) is 0 Å². The molecule has 1 atom stereocenters. The highest BCUT2D eigenvalue weighted by molar-refractivity contribution is 4.85. The first kappa shape index (κ1) is 7.53. The van der Waals surface area contributed by atoms with Crippen LogP contribution in [-0.2, 0) is 14.2 Å². The van der Waals surface area contributed by atoms with Gasteiger partial charge in [0.2, 0.25) is 0 Å². The van der Waals surface area contributed by atoms with Crippen molar-refractivity contribution >= 4 is 0 Å². The van der Waals surface area contributed by atoms with Crippen LogP contribution in [0.5, 0.6) is 0 Å². The summed E-state index contributed by atoms with van der Waals surface area (Å²) in [6.07, 6.45) is 2.01. The maximum atomic E-state index is 5.70. The van der Waals surface area contributed by atoms with Gasteiger partial charge in [-0.05, 0) is 6.42 Å². The van der Waals surface area contributed by atoms with Gasteiger partial charge in [0, 0.05) is 26.2 Å². The van der Waals surface area contributed by atoms with Gasteiger partial charge in [-0.25, -0.2) is 0 Å². The zero-order chi connectivity index (χ0) is 7.57. The van der Waals surface area contributed by atoms with Gasteiger partial charge in [0.05, 0.1) is 13.2 Å². The summed E-state index contributed by atoms with van der Waals surface area (Å²) in [5.41, 5.74) is -0.0868. The van der Waals surface area contributed by atoms with E-state index in [1.807, 2.05) is 0 Å². The van der Waals surface area contributed by atoms with Crippen molar-refractivity contribution < 1.29 is 14.2 Å². The van der Waals surface area contributed by atoms with Crippen molar-refractivity contribution in [2.24, 2.45) is 0 Å². The molecule has 0 aromatic carbocycles. The Morgan fingerprint density at radius 1 is 0.909 bits per heavy atom. The minimum Gasteiger partial charge on any atom is -0.378 e. The van der Waals surface area contributed by atoms with E-state index in [1.54, 1.807) is 0 Å². The van der Waals surface area contributed by atoms with E-state index in [1.165, 1.54) is 0 Å². The van der Waals surface area contributed by atoms with Crippen LogP contribution in [0.4, 0.5) is 0 Å². The molecule has 0 N–H and O–H groups in total. The average molecular weight is 158 g/mol. The largest absolute Gasteiger partial charge is 0.378 e. The van der Waals surface area contributed by atoms with Crippen LogP contribution in [0.3, 0.4) is 0 Å². The lowest BCUT2D eigenvalue weighted by Gasteiger charge is -2.24. The topological polar surface area (TPSA) is 27.7 Å². The Bertz CT molecular complexity index is 119. The van der Waals surface area contributed by atoms with Gasteiger partial charge < -0.3 is 14.2 Å². The van der Waals surface area contributed by atoms with Gasteiger partial charge in [-0.1, -0.05) is 0 Å². The number of hydrogen-bond donors (Lipinski definition) is 0. The molecular weight excluding hydrogens is 144 g/mol. The lowest BCUT2D eigenvalue weighted by molar-refractivity contribution is -0.0698. The molecule has 64 valence electrons. The maximum absolute atomic E-state index is 5.70. The summed E-state index contributed by atoms with van der Waals surface area (Å²) >= 11 is 0. The zero-order valence-electron chi connectivity index (χ0n) is 6.67. The van der Waals surface area contributed by atoms with Crippen molar-refractivity contribution in [2.75, 3.05) is 33.0 Å². The molecule has 0 aromatic rings. The Labute approximate surface area is 66.6 Å². The summed E-state index contributed by atoms with van der Waals surface area (Å²) in [5, 5.41) is 0. The van der Waals surface area contributed by atoms with E-state index in [0.29, 0.717) is 13.2 Å². The molecule has 0 radical (unpaired) electrons. The summed E-state index contributed by atoms with van der Waals surface area (Å²) in [4.78, 5) is 0. The molecule has 3 nitrogen and oxygen atoms in total. The van der Waals surface area contributed by atoms with Gasteiger partial charge in [0.15, 0.2) is 0 Å². The second kappa shape index (κ2) is 3.09. The molecule has 11 heavy (non-hydrogen) atoms. The van der Waals surface area contributed by atoms with Crippen LogP contribution in [0, 0.1) is 0 Å². The highest BCUT2D eigenvalue weighted by Gasteiger charge is 2.37. The first-order valence-corrected chi connectivity index (χ1v) is 4.21. The Morgan fingerprint density at radius 2 is 1.73 bits per heavy atom. The first-order chi connectivity index (χ1) is 5.41. The molecule has 0 aliphatic carbocycles. The molecule has 0 amide bonds. The first-order valence-electron chi connectivity index (χ1n) is 4.21. The molecule has 0 aromatic heterocycles. The van der Waals surface area contributed by atoms with Crippen LogP contribution >= 0.6 is 0 Å². The van der Waals surface area contributed by atoms with Gasteiger partial charge in [-0.2, -0.15) is 0 Å². The van der Waals surface area contributed by atoms with Crippen LogP contribution in [-0.4, -0.2) is 38.6 Å². The standard InChI is InChI=1S/C8H14O3/c1-3-9-6-8(11-4-1)2-5-10-7-8/h1-7H2. The molecule has 2 rings (SSSR count). The second-order valence-corrected chi connectivity index (χ2v) is 3.24. The fraction of sp³-hybridized carbons (Fsp3) is 1.00. The number of ether oxygens (including phenoxy) is 3. The van der Waals surface area contributed by atoms with E-state index in [0.717, 1.165) is 32.7 Å². The second-order valence-electron chi connectivity index (χ2n) is 3.24. The molecule has 2 aliphatic rings. The van der Waals surface area contributed by atoms with E-state index in [9.17, 15) is 0 Å². The molecule has 1 unspecified atom stereocenters. The predicted molar refractivity (Wildman–Crippen MR) is 39.6 cm³/mol. The Morgan fingerprint density at radius 3 is 2.55 bits per heavy atom. The quantitative estimate of drug-likeness (QED) is 0.516. The van der Waals surface area contributed by atoms with Crippen LogP contribution in [0.1, 0.15) is 12.8 Å². The van der Waals surface area contributed by atoms with E-state index >= 15 is 0 Å². The Balaban J connectivity index is 1.97. The van der Waals surface area contributed by atoms with Crippen LogP contribution in [0.2, 0.25) is 0 Å². The Kier molecular flexibility index (Phi) is 2.11. The molecule has 2 fully saturated rings. The maximum Gasteiger partial charge on any atom is 0.117 e. The van der Waals surface area contributed by atoms with Crippen molar-refractivity contribution in [3.05, 3.63) is 0 Å². The molecular formula is C8H14O3. The van der Waals surface area contributed by atoms with Crippen LogP contribution < -0.4 is 0 Å². The van der Waals surface area contributed by atoms with Gasteiger partial charge in [-0.3, -0.25) is 0 Å². The van der Waals surface area contributed by atoms with E-state index in [2.05, 4.69) is 0 Å². The minimum atomic E-state index is -0.0868. The number of rotatable bonds is 0. The third-order valence-corrected chi connectivity index (χ3v) is 2.27. The highest BCUT2D eigenvalue weighted by Crippen LogP contribution is 2.25.